The third kappa shape index (κ3) is 40.8. The molecule has 55 heavy (non-hydrogen) atoms. The van der Waals surface area contributed by atoms with Crippen molar-refractivity contribution in [3.63, 3.8) is 0 Å². The molecule has 0 spiro atoms. The molecule has 0 aliphatic carbocycles. The third-order valence-electron chi connectivity index (χ3n) is 11.5. The van der Waals surface area contributed by atoms with Crippen molar-refractivity contribution in [3.8, 4) is 0 Å². The van der Waals surface area contributed by atoms with E-state index < -0.39 is 18.2 Å². The first-order chi connectivity index (χ1) is 27.1. The van der Waals surface area contributed by atoms with Gasteiger partial charge in [0.15, 0.2) is 0 Å². The molecule has 3 unspecified atom stereocenters. The molecule has 0 bridgehead atoms. The number of aliphatic hydroxyl groups excluding tert-OH is 3. The van der Waals surface area contributed by atoms with E-state index in [4.69, 9.17) is 0 Å². The molecule has 5 heteroatoms. The quantitative estimate of drug-likeness (QED) is 0.0366. The molecule has 0 heterocycles. The van der Waals surface area contributed by atoms with Gasteiger partial charge in [-0.15, -0.1) is 0 Å². The normalized spacial score (nSPS) is 13.6. The number of rotatable bonds is 45. The van der Waals surface area contributed by atoms with E-state index >= 15 is 0 Å². The maximum atomic E-state index is 12.5. The summed E-state index contributed by atoms with van der Waals surface area (Å²) in [5.41, 5.74) is 0. The summed E-state index contributed by atoms with van der Waals surface area (Å²) < 4.78 is 0. The number of allylic oxidation sites excluding steroid dienone is 4. The number of nitrogens with one attached hydrogen (secondary N) is 1. The monoisotopic (exact) mass is 776 g/mol. The number of amides is 1. The smallest absolute Gasteiger partial charge is 0.220 e. The maximum absolute atomic E-state index is 12.5. The van der Waals surface area contributed by atoms with Crippen LogP contribution in [0.1, 0.15) is 264 Å². The fourth-order valence-electron chi connectivity index (χ4n) is 7.69. The molecule has 0 aromatic heterocycles. The number of unbranched alkanes of at least 4 members (excludes halogenated alkanes) is 33. The van der Waals surface area contributed by atoms with E-state index in [1.54, 1.807) is 0 Å². The summed E-state index contributed by atoms with van der Waals surface area (Å²) >= 11 is 0. The van der Waals surface area contributed by atoms with Gasteiger partial charge in [0.2, 0.25) is 5.91 Å². The van der Waals surface area contributed by atoms with Crippen molar-refractivity contribution < 1.29 is 20.1 Å². The first-order valence-corrected chi connectivity index (χ1v) is 24.6. The van der Waals surface area contributed by atoms with Crippen LogP contribution in [0.5, 0.6) is 0 Å². The summed E-state index contributed by atoms with van der Waals surface area (Å²) in [4.78, 5) is 12.5. The van der Waals surface area contributed by atoms with E-state index in [-0.39, 0.29) is 12.5 Å². The number of carbonyl (C=O) groups is 1. The zero-order valence-electron chi connectivity index (χ0n) is 37.1. The summed E-state index contributed by atoms with van der Waals surface area (Å²) in [5.74, 6) is -0.153. The van der Waals surface area contributed by atoms with Gasteiger partial charge in [0.05, 0.1) is 18.8 Å². The highest BCUT2D eigenvalue weighted by Gasteiger charge is 2.26. The Kier molecular flexibility index (Phi) is 44.6. The fraction of sp³-hybridized carbons (Fsp3) is 0.900. The SMILES string of the molecule is CCCCCCCCCCC/C=C/CCCC(O)C(O)C(CO)NC(=O)CCCCCCCCCCCCC/C=C\CCCCCCCCCCCCCC. The molecule has 0 saturated carbocycles. The van der Waals surface area contributed by atoms with Gasteiger partial charge in [-0.05, 0) is 64.2 Å². The van der Waals surface area contributed by atoms with E-state index in [9.17, 15) is 20.1 Å². The van der Waals surface area contributed by atoms with Crippen LogP contribution in [-0.2, 0) is 4.79 Å². The average Bonchev–Trinajstić information content (AvgIpc) is 3.19. The second-order valence-electron chi connectivity index (χ2n) is 17.0. The molecule has 0 rings (SSSR count). The van der Waals surface area contributed by atoms with Crippen LogP contribution in [0.4, 0.5) is 0 Å². The highest BCUT2D eigenvalue weighted by molar-refractivity contribution is 5.76. The van der Waals surface area contributed by atoms with Crippen LogP contribution < -0.4 is 5.32 Å². The molecule has 0 saturated heterocycles. The zero-order chi connectivity index (χ0) is 40.1. The van der Waals surface area contributed by atoms with Crippen molar-refractivity contribution in [1.29, 1.82) is 0 Å². The third-order valence-corrected chi connectivity index (χ3v) is 11.5. The number of hydrogen-bond acceptors (Lipinski definition) is 4. The van der Waals surface area contributed by atoms with Gasteiger partial charge in [-0.1, -0.05) is 218 Å². The highest BCUT2D eigenvalue weighted by atomic mass is 16.3. The van der Waals surface area contributed by atoms with E-state index in [1.807, 2.05) is 0 Å². The first kappa shape index (κ1) is 53.8. The Hall–Kier alpha value is -1.17. The lowest BCUT2D eigenvalue weighted by atomic mass is 10.0. The van der Waals surface area contributed by atoms with Crippen LogP contribution in [-0.4, -0.2) is 46.1 Å². The molecular weight excluding hydrogens is 679 g/mol. The minimum atomic E-state index is -1.16. The lowest BCUT2D eigenvalue weighted by Gasteiger charge is -2.26. The summed E-state index contributed by atoms with van der Waals surface area (Å²) in [6, 6.07) is -0.824. The van der Waals surface area contributed by atoms with Crippen molar-refractivity contribution in [1.82, 2.24) is 5.32 Å². The molecule has 1 amide bonds. The van der Waals surface area contributed by atoms with Crippen LogP contribution in [0.15, 0.2) is 24.3 Å². The molecule has 0 fully saturated rings. The van der Waals surface area contributed by atoms with Crippen molar-refractivity contribution >= 4 is 5.91 Å². The van der Waals surface area contributed by atoms with E-state index in [0.29, 0.717) is 12.8 Å². The van der Waals surface area contributed by atoms with Crippen LogP contribution in [0, 0.1) is 0 Å². The van der Waals surface area contributed by atoms with E-state index in [0.717, 1.165) is 38.5 Å². The predicted molar refractivity (Wildman–Crippen MR) is 241 cm³/mol. The predicted octanol–water partition coefficient (Wildman–Crippen LogP) is 14.6. The Morgan fingerprint density at radius 3 is 1.05 bits per heavy atom. The minimum Gasteiger partial charge on any atom is -0.394 e. The van der Waals surface area contributed by atoms with Gasteiger partial charge in [0, 0.05) is 6.42 Å². The minimum absolute atomic E-state index is 0.153. The van der Waals surface area contributed by atoms with Gasteiger partial charge in [0.1, 0.15) is 6.10 Å². The van der Waals surface area contributed by atoms with Crippen molar-refractivity contribution in [2.75, 3.05) is 6.61 Å². The molecule has 5 nitrogen and oxygen atoms in total. The number of aliphatic hydroxyl groups is 3. The second-order valence-corrected chi connectivity index (χ2v) is 17.0. The van der Waals surface area contributed by atoms with Crippen LogP contribution >= 0.6 is 0 Å². The lowest BCUT2D eigenvalue weighted by Crippen LogP contribution is -2.50. The van der Waals surface area contributed by atoms with Gasteiger partial charge in [-0.3, -0.25) is 4.79 Å². The summed E-state index contributed by atoms with van der Waals surface area (Å²) in [7, 11) is 0. The Balaban J connectivity index is 3.56. The van der Waals surface area contributed by atoms with E-state index in [1.165, 1.54) is 199 Å². The number of hydrogen-bond donors (Lipinski definition) is 4. The molecule has 0 radical (unpaired) electrons. The standard InChI is InChI=1S/C50H97NO4/c1-3-5-7-9-11-13-15-17-19-20-21-22-23-24-25-26-27-28-29-30-31-33-35-37-39-41-43-45-49(54)51-47(46-52)50(55)48(53)44-42-40-38-36-34-32-18-16-14-12-10-8-6-4-2/h24-25,36,38,47-48,50,52-53,55H,3-23,26-35,37,39-46H2,1-2H3,(H,51,54)/b25-24-,38-36+. The molecule has 0 aromatic rings. The molecule has 0 aliphatic heterocycles. The molecule has 0 aromatic carbocycles. The van der Waals surface area contributed by atoms with E-state index in [2.05, 4.69) is 43.5 Å². The Labute approximate surface area is 343 Å². The Morgan fingerprint density at radius 1 is 0.436 bits per heavy atom. The van der Waals surface area contributed by atoms with Crippen molar-refractivity contribution in [3.05, 3.63) is 24.3 Å². The van der Waals surface area contributed by atoms with Crippen LogP contribution in [0.2, 0.25) is 0 Å². The average molecular weight is 776 g/mol. The largest absolute Gasteiger partial charge is 0.394 e. The van der Waals surface area contributed by atoms with Gasteiger partial charge in [-0.2, -0.15) is 0 Å². The molecule has 0 aliphatic rings. The van der Waals surface area contributed by atoms with Crippen LogP contribution in [0.25, 0.3) is 0 Å². The van der Waals surface area contributed by atoms with Gasteiger partial charge < -0.3 is 20.6 Å². The van der Waals surface area contributed by atoms with Crippen molar-refractivity contribution in [2.45, 2.75) is 283 Å². The lowest BCUT2D eigenvalue weighted by molar-refractivity contribution is -0.124. The molecule has 326 valence electrons. The first-order valence-electron chi connectivity index (χ1n) is 24.6. The van der Waals surface area contributed by atoms with Gasteiger partial charge >= 0.3 is 0 Å². The molecule has 4 N–H and O–H groups in total. The van der Waals surface area contributed by atoms with Crippen LogP contribution in [0.3, 0.4) is 0 Å². The van der Waals surface area contributed by atoms with Gasteiger partial charge in [0.25, 0.3) is 0 Å². The van der Waals surface area contributed by atoms with Gasteiger partial charge in [-0.25, -0.2) is 0 Å². The highest BCUT2D eigenvalue weighted by Crippen LogP contribution is 2.16. The zero-order valence-corrected chi connectivity index (χ0v) is 37.1. The Bertz CT molecular complexity index is 814. The topological polar surface area (TPSA) is 89.8 Å². The maximum Gasteiger partial charge on any atom is 0.220 e. The van der Waals surface area contributed by atoms with Crippen molar-refractivity contribution in [2.24, 2.45) is 0 Å². The Morgan fingerprint density at radius 2 is 0.727 bits per heavy atom. The summed E-state index contributed by atoms with van der Waals surface area (Å²) in [6.07, 6.45) is 56.0. The molecular formula is C50H97NO4. The fourth-order valence-corrected chi connectivity index (χ4v) is 7.69. The second kappa shape index (κ2) is 45.5. The number of carbonyl (C=O) groups excluding carboxylic acids is 1. The summed E-state index contributed by atoms with van der Waals surface area (Å²) in [5, 5.41) is 33.5. The summed E-state index contributed by atoms with van der Waals surface area (Å²) in [6.45, 7) is 4.18. The molecule has 3 atom stereocenters.